The second kappa shape index (κ2) is 7.72. The van der Waals surface area contributed by atoms with Crippen molar-refractivity contribution >= 4 is 5.91 Å². The summed E-state index contributed by atoms with van der Waals surface area (Å²) in [5.41, 5.74) is 2.14. The summed E-state index contributed by atoms with van der Waals surface area (Å²) in [7, 11) is 0. The number of carbonyl (C=O) groups is 1. The van der Waals surface area contributed by atoms with E-state index in [0.717, 1.165) is 43.4 Å². The summed E-state index contributed by atoms with van der Waals surface area (Å²) in [5.74, 6) is -1.44. The van der Waals surface area contributed by atoms with E-state index >= 15 is 0 Å². The normalized spacial score (nSPS) is 17.3. The van der Waals surface area contributed by atoms with Crippen LogP contribution >= 0.6 is 0 Å². The number of rotatable bonds is 5. The van der Waals surface area contributed by atoms with Gasteiger partial charge in [0.1, 0.15) is 0 Å². The number of amides is 1. The van der Waals surface area contributed by atoms with E-state index in [-0.39, 0.29) is 5.91 Å². The van der Waals surface area contributed by atoms with E-state index < -0.39 is 11.6 Å². The predicted molar refractivity (Wildman–Crippen MR) is 94.6 cm³/mol. The van der Waals surface area contributed by atoms with Crippen LogP contribution in [0.3, 0.4) is 0 Å². The number of halogens is 2. The summed E-state index contributed by atoms with van der Waals surface area (Å²) in [4.78, 5) is 16.2. The minimum Gasteiger partial charge on any atom is -0.343 e. The highest BCUT2D eigenvalue weighted by molar-refractivity contribution is 5.76. The van der Waals surface area contributed by atoms with Crippen LogP contribution < -0.4 is 0 Å². The van der Waals surface area contributed by atoms with Crippen molar-refractivity contribution in [3.63, 3.8) is 0 Å². The standard InChI is InChI=1S/C19H23F2N5O/c20-15-5-3-4-14(19(15)21)12-24-10-11-26-17(13-24)16(22-23-26)6-7-18(27)25-8-1-2-9-25/h3-5H,1-2,6-13H2. The molecule has 3 heterocycles. The first-order valence-electron chi connectivity index (χ1n) is 9.46. The number of aromatic nitrogens is 3. The number of likely N-dealkylation sites (tertiary alicyclic amines) is 1. The van der Waals surface area contributed by atoms with Crippen LogP contribution in [0.5, 0.6) is 0 Å². The van der Waals surface area contributed by atoms with Crippen LogP contribution in [0.4, 0.5) is 8.78 Å². The fourth-order valence-electron chi connectivity index (χ4n) is 3.84. The van der Waals surface area contributed by atoms with Crippen LogP contribution in [0.25, 0.3) is 0 Å². The Morgan fingerprint density at radius 1 is 1.11 bits per heavy atom. The fourth-order valence-corrected chi connectivity index (χ4v) is 3.84. The lowest BCUT2D eigenvalue weighted by Gasteiger charge is -2.27. The first-order chi connectivity index (χ1) is 13.1. The first-order valence-corrected chi connectivity index (χ1v) is 9.46. The van der Waals surface area contributed by atoms with Crippen molar-refractivity contribution in [1.29, 1.82) is 0 Å². The highest BCUT2D eigenvalue weighted by atomic mass is 19.2. The molecule has 1 aromatic heterocycles. The zero-order chi connectivity index (χ0) is 18.8. The van der Waals surface area contributed by atoms with Crippen molar-refractivity contribution in [2.24, 2.45) is 0 Å². The van der Waals surface area contributed by atoms with Crippen molar-refractivity contribution < 1.29 is 13.6 Å². The van der Waals surface area contributed by atoms with Gasteiger partial charge in [0.2, 0.25) is 5.91 Å². The van der Waals surface area contributed by atoms with E-state index in [2.05, 4.69) is 15.2 Å². The highest BCUT2D eigenvalue weighted by Crippen LogP contribution is 2.20. The molecule has 0 bridgehead atoms. The molecule has 2 aromatic rings. The summed E-state index contributed by atoms with van der Waals surface area (Å²) in [5, 5.41) is 8.44. The van der Waals surface area contributed by atoms with E-state index in [1.807, 2.05) is 9.58 Å². The molecule has 2 aliphatic rings. The Kier molecular flexibility index (Phi) is 5.15. The third kappa shape index (κ3) is 3.85. The lowest BCUT2D eigenvalue weighted by Crippen LogP contribution is -2.34. The molecule has 1 amide bonds. The number of aryl methyl sites for hydroxylation is 1. The van der Waals surface area contributed by atoms with E-state index in [9.17, 15) is 13.6 Å². The summed E-state index contributed by atoms with van der Waals surface area (Å²) < 4.78 is 29.2. The Hall–Kier alpha value is -2.35. The number of nitrogens with zero attached hydrogens (tertiary/aromatic N) is 5. The number of fused-ring (bicyclic) bond motifs is 1. The zero-order valence-electron chi connectivity index (χ0n) is 15.2. The van der Waals surface area contributed by atoms with Crippen molar-refractivity contribution in [2.75, 3.05) is 19.6 Å². The van der Waals surface area contributed by atoms with Crippen LogP contribution in [0.15, 0.2) is 18.2 Å². The Labute approximate surface area is 156 Å². The van der Waals surface area contributed by atoms with Gasteiger partial charge < -0.3 is 4.90 Å². The molecule has 8 heteroatoms. The molecular formula is C19H23F2N5O. The van der Waals surface area contributed by atoms with Crippen LogP contribution in [-0.4, -0.2) is 50.3 Å². The maximum atomic E-state index is 14.0. The number of hydrogen-bond donors (Lipinski definition) is 0. The molecule has 0 unspecified atom stereocenters. The van der Waals surface area contributed by atoms with Gasteiger partial charge in [0.05, 0.1) is 17.9 Å². The van der Waals surface area contributed by atoms with Gasteiger partial charge in [-0.25, -0.2) is 13.5 Å². The molecule has 1 aromatic carbocycles. The number of hydrogen-bond acceptors (Lipinski definition) is 4. The van der Waals surface area contributed by atoms with Crippen LogP contribution in [0.2, 0.25) is 0 Å². The van der Waals surface area contributed by atoms with Gasteiger partial charge in [0.25, 0.3) is 0 Å². The van der Waals surface area contributed by atoms with Gasteiger partial charge >= 0.3 is 0 Å². The van der Waals surface area contributed by atoms with E-state index in [1.165, 1.54) is 6.07 Å². The molecule has 1 saturated heterocycles. The van der Waals surface area contributed by atoms with Crippen LogP contribution in [0, 0.1) is 11.6 Å². The Morgan fingerprint density at radius 3 is 2.74 bits per heavy atom. The van der Waals surface area contributed by atoms with Gasteiger partial charge in [0, 0.05) is 51.1 Å². The maximum Gasteiger partial charge on any atom is 0.222 e. The minimum atomic E-state index is -0.822. The molecule has 0 spiro atoms. The van der Waals surface area contributed by atoms with Crippen LogP contribution in [-0.2, 0) is 30.8 Å². The third-order valence-electron chi connectivity index (χ3n) is 5.38. The first kappa shape index (κ1) is 18.0. The molecule has 27 heavy (non-hydrogen) atoms. The minimum absolute atomic E-state index is 0.170. The van der Waals surface area contributed by atoms with Gasteiger partial charge in [-0.2, -0.15) is 0 Å². The van der Waals surface area contributed by atoms with Crippen molar-refractivity contribution in [1.82, 2.24) is 24.8 Å². The van der Waals surface area contributed by atoms with Crippen molar-refractivity contribution in [2.45, 2.75) is 45.3 Å². The maximum absolute atomic E-state index is 14.0. The average Bonchev–Trinajstić information content (AvgIpc) is 3.33. The molecule has 4 rings (SSSR count). The van der Waals surface area contributed by atoms with Gasteiger partial charge in [-0.15, -0.1) is 5.10 Å². The molecule has 1 fully saturated rings. The third-order valence-corrected chi connectivity index (χ3v) is 5.38. The van der Waals surface area contributed by atoms with Crippen molar-refractivity contribution in [3.8, 4) is 0 Å². The summed E-state index contributed by atoms with van der Waals surface area (Å²) in [6.45, 7) is 3.95. The second-order valence-corrected chi connectivity index (χ2v) is 7.22. The van der Waals surface area contributed by atoms with Gasteiger partial charge in [-0.3, -0.25) is 9.69 Å². The summed E-state index contributed by atoms with van der Waals surface area (Å²) in [6, 6.07) is 4.26. The van der Waals surface area contributed by atoms with Gasteiger partial charge in [0.15, 0.2) is 11.6 Å². The number of carbonyl (C=O) groups excluding carboxylic acids is 1. The molecule has 0 saturated carbocycles. The lowest BCUT2D eigenvalue weighted by atomic mass is 10.1. The Morgan fingerprint density at radius 2 is 1.93 bits per heavy atom. The topological polar surface area (TPSA) is 54.3 Å². The van der Waals surface area contributed by atoms with E-state index in [1.54, 1.807) is 6.07 Å². The lowest BCUT2D eigenvalue weighted by molar-refractivity contribution is -0.130. The van der Waals surface area contributed by atoms with Gasteiger partial charge in [-0.05, 0) is 18.9 Å². The molecule has 0 aliphatic carbocycles. The average molecular weight is 375 g/mol. The van der Waals surface area contributed by atoms with Crippen molar-refractivity contribution in [3.05, 3.63) is 46.8 Å². The second-order valence-electron chi connectivity index (χ2n) is 7.22. The SMILES string of the molecule is O=C(CCc1nnn2c1CN(Cc1cccc(F)c1F)CC2)N1CCCC1. The van der Waals surface area contributed by atoms with E-state index in [4.69, 9.17) is 0 Å². The molecule has 6 nitrogen and oxygen atoms in total. The molecule has 2 aliphatic heterocycles. The molecular weight excluding hydrogens is 352 g/mol. The largest absolute Gasteiger partial charge is 0.343 e. The van der Waals surface area contributed by atoms with Gasteiger partial charge in [-0.1, -0.05) is 17.3 Å². The molecule has 144 valence electrons. The smallest absolute Gasteiger partial charge is 0.222 e. The van der Waals surface area contributed by atoms with Crippen LogP contribution in [0.1, 0.15) is 36.2 Å². The summed E-state index contributed by atoms with van der Waals surface area (Å²) in [6.07, 6.45) is 3.16. The Bertz CT molecular complexity index is 832. The number of benzene rings is 1. The van der Waals surface area contributed by atoms with E-state index in [0.29, 0.717) is 44.6 Å². The fraction of sp³-hybridized carbons (Fsp3) is 0.526. The molecule has 0 N–H and O–H groups in total. The molecule has 0 radical (unpaired) electrons. The Balaban J connectivity index is 1.40. The molecule has 0 atom stereocenters. The quantitative estimate of drug-likeness (QED) is 0.803. The zero-order valence-corrected chi connectivity index (χ0v) is 15.2. The highest BCUT2D eigenvalue weighted by Gasteiger charge is 2.24. The predicted octanol–water partition coefficient (Wildman–Crippen LogP) is 2.13. The summed E-state index contributed by atoms with van der Waals surface area (Å²) >= 11 is 0. The monoisotopic (exact) mass is 375 g/mol.